The van der Waals surface area contributed by atoms with E-state index in [2.05, 4.69) is 10.2 Å². The Bertz CT molecular complexity index is 1020. The first-order chi connectivity index (χ1) is 14.1. The molecule has 1 aromatic carbocycles. The number of anilines is 1. The molecule has 2 N–H and O–H groups in total. The summed E-state index contributed by atoms with van der Waals surface area (Å²) in [5, 5.41) is 12.6. The van der Waals surface area contributed by atoms with Crippen LogP contribution in [0.4, 0.5) is 10.1 Å². The molecule has 2 aromatic rings. The fourth-order valence-corrected chi connectivity index (χ4v) is 4.30. The van der Waals surface area contributed by atoms with Crippen LogP contribution in [0.2, 0.25) is 0 Å². The van der Waals surface area contributed by atoms with E-state index in [9.17, 15) is 14.3 Å². The summed E-state index contributed by atoms with van der Waals surface area (Å²) in [6.07, 6.45) is 2.46. The number of benzene rings is 1. The third-order valence-electron chi connectivity index (χ3n) is 5.75. The molecule has 1 unspecified atom stereocenters. The molecule has 0 saturated carbocycles. The molecule has 1 amide bonds. The average Bonchev–Trinajstić information content (AvgIpc) is 3.25. The number of amides is 1. The molecule has 1 atom stereocenters. The number of β-amino-alcohol motifs (C(OH)–C–C–N with tert-alkyl or cyclic N) is 1. The van der Waals surface area contributed by atoms with Gasteiger partial charge in [-0.1, -0.05) is 0 Å². The normalized spacial score (nSPS) is 23.5. The Hall–Kier alpha value is -2.77. The van der Waals surface area contributed by atoms with Crippen LogP contribution in [0, 0.1) is 5.82 Å². The van der Waals surface area contributed by atoms with Crippen LogP contribution in [0.15, 0.2) is 30.3 Å². The number of pyridine rings is 1. The minimum absolute atomic E-state index is 0.232. The first-order valence-corrected chi connectivity index (χ1v) is 9.96. The monoisotopic (exact) mass is 395 g/mol. The number of ether oxygens (including phenoxy) is 1. The van der Waals surface area contributed by atoms with E-state index in [1.807, 2.05) is 12.1 Å². The van der Waals surface area contributed by atoms with Gasteiger partial charge in [0.2, 0.25) is 0 Å². The zero-order valence-corrected chi connectivity index (χ0v) is 15.9. The second kappa shape index (κ2) is 7.24. The number of nitrogens with zero attached hydrogens (tertiary/aromatic N) is 2. The number of hydrogen-bond acceptors (Lipinski definition) is 5. The highest BCUT2D eigenvalue weighted by atomic mass is 19.1. The molecular formula is C22H22FN3O3. The van der Waals surface area contributed by atoms with Gasteiger partial charge >= 0.3 is 0 Å². The standard InChI is InChI=1S/C22H22FN3O3/c23-13-3-6-18-17(10-13)20(22(28)25-18)21-16-5-4-14(24-19(16)12-29-21)7-9-26-8-1-2-15(27)11-26/h3-6,10,15,27H,1-2,7-9,11-12H2,(H,25,28)/b21-20+. The summed E-state index contributed by atoms with van der Waals surface area (Å²) in [5.74, 6) is -0.228. The van der Waals surface area contributed by atoms with Crippen LogP contribution >= 0.6 is 0 Å². The van der Waals surface area contributed by atoms with Crippen molar-refractivity contribution in [3.63, 3.8) is 0 Å². The van der Waals surface area contributed by atoms with E-state index in [1.54, 1.807) is 6.07 Å². The number of halogens is 1. The lowest BCUT2D eigenvalue weighted by Crippen LogP contribution is -2.39. The number of carbonyl (C=O) groups excluding carboxylic acids is 1. The van der Waals surface area contributed by atoms with Gasteiger partial charge in [-0.05, 0) is 49.7 Å². The smallest absolute Gasteiger partial charge is 0.260 e. The maximum absolute atomic E-state index is 13.7. The molecule has 1 saturated heterocycles. The minimum Gasteiger partial charge on any atom is -0.486 e. The van der Waals surface area contributed by atoms with Gasteiger partial charge < -0.3 is 20.1 Å². The Morgan fingerprint density at radius 3 is 3.03 bits per heavy atom. The minimum atomic E-state index is -0.395. The highest BCUT2D eigenvalue weighted by Gasteiger charge is 2.33. The van der Waals surface area contributed by atoms with Gasteiger partial charge in [0.25, 0.3) is 5.91 Å². The van der Waals surface area contributed by atoms with Crippen LogP contribution in [0.1, 0.15) is 35.4 Å². The lowest BCUT2D eigenvalue weighted by atomic mass is 10.0. The predicted octanol–water partition coefficient (Wildman–Crippen LogP) is 2.57. The van der Waals surface area contributed by atoms with Gasteiger partial charge in [0.05, 0.1) is 17.4 Å². The Morgan fingerprint density at radius 2 is 2.17 bits per heavy atom. The van der Waals surface area contributed by atoms with E-state index in [0.29, 0.717) is 29.2 Å². The summed E-state index contributed by atoms with van der Waals surface area (Å²) < 4.78 is 19.6. The van der Waals surface area contributed by atoms with Crippen molar-refractivity contribution in [2.24, 2.45) is 0 Å². The number of aromatic nitrogens is 1. The zero-order valence-electron chi connectivity index (χ0n) is 15.9. The molecule has 4 heterocycles. The summed E-state index contributed by atoms with van der Waals surface area (Å²) in [7, 11) is 0. The van der Waals surface area contributed by atoms with E-state index in [-0.39, 0.29) is 12.0 Å². The van der Waals surface area contributed by atoms with E-state index in [0.717, 1.165) is 55.8 Å². The van der Waals surface area contributed by atoms with Gasteiger partial charge in [0.1, 0.15) is 18.2 Å². The van der Waals surface area contributed by atoms with Crippen LogP contribution in [0.5, 0.6) is 0 Å². The van der Waals surface area contributed by atoms with Crippen molar-refractivity contribution in [3.8, 4) is 0 Å². The number of piperidine rings is 1. The summed E-state index contributed by atoms with van der Waals surface area (Å²) in [5.41, 5.74) is 4.00. The Labute approximate surface area is 168 Å². The first kappa shape index (κ1) is 18.3. The molecule has 1 aromatic heterocycles. The van der Waals surface area contributed by atoms with Crippen molar-refractivity contribution >= 4 is 22.9 Å². The van der Waals surface area contributed by atoms with Crippen molar-refractivity contribution in [2.45, 2.75) is 32.0 Å². The van der Waals surface area contributed by atoms with Crippen molar-refractivity contribution in [1.82, 2.24) is 9.88 Å². The topological polar surface area (TPSA) is 74.7 Å². The van der Waals surface area contributed by atoms with Gasteiger partial charge in [0, 0.05) is 42.0 Å². The Balaban J connectivity index is 1.40. The van der Waals surface area contributed by atoms with E-state index in [1.165, 1.54) is 12.1 Å². The molecule has 0 radical (unpaired) electrons. The molecule has 3 aliphatic rings. The molecule has 6 nitrogen and oxygen atoms in total. The number of aliphatic hydroxyl groups excluding tert-OH is 1. The van der Waals surface area contributed by atoms with Crippen molar-refractivity contribution in [2.75, 3.05) is 25.0 Å². The van der Waals surface area contributed by atoms with E-state index < -0.39 is 5.82 Å². The van der Waals surface area contributed by atoms with Crippen molar-refractivity contribution in [1.29, 1.82) is 0 Å². The van der Waals surface area contributed by atoms with Crippen LogP contribution in [-0.4, -0.2) is 46.6 Å². The van der Waals surface area contributed by atoms with Crippen LogP contribution in [0.3, 0.4) is 0 Å². The first-order valence-electron chi connectivity index (χ1n) is 9.96. The number of carbonyl (C=O) groups is 1. The maximum Gasteiger partial charge on any atom is 0.260 e. The van der Waals surface area contributed by atoms with Gasteiger partial charge in [0.15, 0.2) is 0 Å². The van der Waals surface area contributed by atoms with Crippen molar-refractivity contribution in [3.05, 3.63) is 58.7 Å². The molecule has 0 bridgehead atoms. The van der Waals surface area contributed by atoms with Crippen LogP contribution in [0.25, 0.3) is 11.3 Å². The summed E-state index contributed by atoms with van der Waals surface area (Å²) >= 11 is 0. The van der Waals surface area contributed by atoms with Gasteiger partial charge in [-0.25, -0.2) is 4.39 Å². The quantitative estimate of drug-likeness (QED) is 0.782. The number of aliphatic hydroxyl groups is 1. The van der Waals surface area contributed by atoms with Gasteiger partial charge in [-0.15, -0.1) is 0 Å². The highest BCUT2D eigenvalue weighted by molar-refractivity contribution is 6.36. The lowest BCUT2D eigenvalue weighted by molar-refractivity contribution is -0.110. The number of likely N-dealkylation sites (tertiary alicyclic amines) is 1. The molecule has 0 aliphatic carbocycles. The summed E-state index contributed by atoms with van der Waals surface area (Å²) in [4.78, 5) is 19.5. The molecule has 29 heavy (non-hydrogen) atoms. The molecule has 150 valence electrons. The van der Waals surface area contributed by atoms with E-state index >= 15 is 0 Å². The second-order valence-electron chi connectivity index (χ2n) is 7.78. The third-order valence-corrected chi connectivity index (χ3v) is 5.75. The summed E-state index contributed by atoms with van der Waals surface area (Å²) in [6.45, 7) is 2.87. The largest absolute Gasteiger partial charge is 0.486 e. The average molecular weight is 395 g/mol. The zero-order chi connectivity index (χ0) is 20.0. The number of fused-ring (bicyclic) bond motifs is 2. The van der Waals surface area contributed by atoms with Gasteiger partial charge in [-0.2, -0.15) is 0 Å². The van der Waals surface area contributed by atoms with Crippen LogP contribution in [-0.2, 0) is 22.6 Å². The van der Waals surface area contributed by atoms with Crippen molar-refractivity contribution < 1.29 is 19.0 Å². The second-order valence-corrected chi connectivity index (χ2v) is 7.78. The fraction of sp³-hybridized carbons (Fsp3) is 0.364. The van der Waals surface area contributed by atoms with E-state index in [4.69, 9.17) is 9.72 Å². The highest BCUT2D eigenvalue weighted by Crippen LogP contribution is 2.41. The number of rotatable bonds is 3. The predicted molar refractivity (Wildman–Crippen MR) is 106 cm³/mol. The molecule has 1 fully saturated rings. The summed E-state index contributed by atoms with van der Waals surface area (Å²) in [6, 6.07) is 8.12. The molecule has 5 rings (SSSR count). The SMILES string of the molecule is O=C1Nc2ccc(F)cc2/C1=C1\OCc2nc(CCN3CCCC(O)C3)ccc21. The maximum atomic E-state index is 13.7. The lowest BCUT2D eigenvalue weighted by Gasteiger charge is -2.29. The molecule has 7 heteroatoms. The Kier molecular flexibility index (Phi) is 4.56. The molecule has 3 aliphatic heterocycles. The molecular weight excluding hydrogens is 373 g/mol. The Morgan fingerprint density at radius 1 is 1.28 bits per heavy atom. The number of hydrogen-bond donors (Lipinski definition) is 2. The molecule has 0 spiro atoms. The number of nitrogens with one attached hydrogen (secondary N) is 1. The fourth-order valence-electron chi connectivity index (χ4n) is 4.30. The van der Waals surface area contributed by atoms with Gasteiger partial charge in [-0.3, -0.25) is 9.78 Å². The van der Waals surface area contributed by atoms with Crippen LogP contribution < -0.4 is 5.32 Å². The third kappa shape index (κ3) is 3.41.